The molecule has 1 unspecified atom stereocenters. The molecular formula is C29H30O7. The minimum atomic E-state index is -0.964. The Labute approximate surface area is 210 Å². The summed E-state index contributed by atoms with van der Waals surface area (Å²) in [5.41, 5.74) is 2.90. The lowest BCUT2D eigenvalue weighted by atomic mass is 9.97. The molecule has 36 heavy (non-hydrogen) atoms. The monoisotopic (exact) mass is 490 g/mol. The van der Waals surface area contributed by atoms with Crippen molar-refractivity contribution in [1.82, 2.24) is 0 Å². The third-order valence-electron chi connectivity index (χ3n) is 6.21. The van der Waals surface area contributed by atoms with Gasteiger partial charge in [0, 0.05) is 12.5 Å². The Morgan fingerprint density at radius 2 is 1.33 bits per heavy atom. The van der Waals surface area contributed by atoms with Gasteiger partial charge >= 0.3 is 5.97 Å². The fraction of sp³-hybridized carbons (Fsp3) is 0.345. The summed E-state index contributed by atoms with van der Waals surface area (Å²) in [4.78, 5) is 12.0. The molecule has 2 heterocycles. The van der Waals surface area contributed by atoms with Gasteiger partial charge in [-0.05, 0) is 11.1 Å². The molecule has 0 saturated carbocycles. The van der Waals surface area contributed by atoms with E-state index in [2.05, 4.69) is 0 Å². The highest BCUT2D eigenvalue weighted by atomic mass is 16.8. The van der Waals surface area contributed by atoms with E-state index >= 15 is 0 Å². The lowest BCUT2D eigenvalue weighted by Crippen LogP contribution is -2.63. The summed E-state index contributed by atoms with van der Waals surface area (Å²) < 4.78 is 36.9. The van der Waals surface area contributed by atoms with Crippen molar-refractivity contribution in [3.05, 3.63) is 108 Å². The van der Waals surface area contributed by atoms with Crippen LogP contribution < -0.4 is 0 Å². The molecule has 0 spiro atoms. The van der Waals surface area contributed by atoms with E-state index in [0.29, 0.717) is 13.2 Å². The van der Waals surface area contributed by atoms with Crippen LogP contribution in [0.15, 0.2) is 91.0 Å². The van der Waals surface area contributed by atoms with Gasteiger partial charge in [0.1, 0.15) is 24.4 Å². The van der Waals surface area contributed by atoms with Crippen molar-refractivity contribution in [2.24, 2.45) is 0 Å². The van der Waals surface area contributed by atoms with E-state index in [9.17, 15) is 4.79 Å². The number of esters is 1. The molecule has 2 aliphatic rings. The van der Waals surface area contributed by atoms with Crippen LogP contribution in [0.4, 0.5) is 0 Å². The number of fused-ring (bicyclic) bond motifs is 1. The fourth-order valence-electron chi connectivity index (χ4n) is 4.48. The van der Waals surface area contributed by atoms with Crippen LogP contribution in [0.1, 0.15) is 29.9 Å². The van der Waals surface area contributed by atoms with Crippen molar-refractivity contribution in [2.45, 2.75) is 57.1 Å². The molecule has 2 fully saturated rings. The van der Waals surface area contributed by atoms with E-state index in [-0.39, 0.29) is 6.61 Å². The van der Waals surface area contributed by atoms with Crippen molar-refractivity contribution in [1.29, 1.82) is 0 Å². The molecule has 2 aliphatic heterocycles. The van der Waals surface area contributed by atoms with Crippen LogP contribution >= 0.6 is 0 Å². The number of hydrogen-bond acceptors (Lipinski definition) is 7. The van der Waals surface area contributed by atoms with Gasteiger partial charge < -0.3 is 28.4 Å². The van der Waals surface area contributed by atoms with Crippen LogP contribution in [0.5, 0.6) is 0 Å². The minimum Gasteiger partial charge on any atom is -0.433 e. The van der Waals surface area contributed by atoms with Gasteiger partial charge in [-0.2, -0.15) is 0 Å². The number of benzene rings is 3. The summed E-state index contributed by atoms with van der Waals surface area (Å²) in [6.07, 6.45) is -3.82. The highest BCUT2D eigenvalue weighted by Crippen LogP contribution is 2.37. The summed E-state index contributed by atoms with van der Waals surface area (Å²) in [6, 6.07) is 29.4. The molecule has 3 aromatic carbocycles. The normalized spacial score (nSPS) is 27.7. The zero-order valence-corrected chi connectivity index (χ0v) is 20.1. The highest BCUT2D eigenvalue weighted by Gasteiger charge is 2.52. The van der Waals surface area contributed by atoms with Gasteiger partial charge in [-0.1, -0.05) is 91.0 Å². The third-order valence-corrected chi connectivity index (χ3v) is 6.21. The smallest absolute Gasteiger partial charge is 0.305 e. The molecular weight excluding hydrogens is 460 g/mol. The van der Waals surface area contributed by atoms with Crippen LogP contribution in [-0.2, 0) is 46.4 Å². The van der Waals surface area contributed by atoms with Crippen molar-refractivity contribution >= 4 is 5.97 Å². The Morgan fingerprint density at radius 1 is 0.778 bits per heavy atom. The lowest BCUT2D eigenvalue weighted by molar-refractivity contribution is -0.366. The molecule has 7 heteroatoms. The molecule has 3 aromatic rings. The summed E-state index contributed by atoms with van der Waals surface area (Å²) in [5.74, 6) is -0.464. The van der Waals surface area contributed by atoms with E-state index in [0.717, 1.165) is 16.7 Å². The predicted octanol–water partition coefficient (Wildman–Crippen LogP) is 4.56. The molecule has 5 rings (SSSR count). The maximum Gasteiger partial charge on any atom is 0.305 e. The standard InChI is InChI=1S/C29H30O7/c1-20(30)34-29-27(32-18-22-13-7-3-8-14-22)26(31-17-21-11-5-2-6-12-21)25-24(35-29)19-33-28(36-25)23-15-9-4-10-16-23/h2-16,24-29H,17-19H2,1H3/t24-,25-,26+,27+,28?,29-/m1/s1. The Kier molecular flexibility index (Phi) is 8.05. The third kappa shape index (κ3) is 6.00. The second-order valence-electron chi connectivity index (χ2n) is 8.85. The molecule has 2 saturated heterocycles. The first-order chi connectivity index (χ1) is 17.7. The summed E-state index contributed by atoms with van der Waals surface area (Å²) in [7, 11) is 0. The molecule has 0 aromatic heterocycles. The number of carbonyl (C=O) groups excluding carboxylic acids is 1. The molecule has 0 aliphatic carbocycles. The molecule has 6 atom stereocenters. The Balaban J connectivity index is 1.42. The first kappa shape index (κ1) is 24.6. The van der Waals surface area contributed by atoms with Gasteiger partial charge in [0.15, 0.2) is 6.29 Å². The van der Waals surface area contributed by atoms with Crippen LogP contribution in [-0.4, -0.2) is 43.3 Å². The lowest BCUT2D eigenvalue weighted by Gasteiger charge is -2.48. The molecule has 188 valence electrons. The van der Waals surface area contributed by atoms with Crippen LogP contribution in [0, 0.1) is 0 Å². The van der Waals surface area contributed by atoms with Gasteiger partial charge in [-0.3, -0.25) is 4.79 Å². The van der Waals surface area contributed by atoms with Crippen LogP contribution in [0.3, 0.4) is 0 Å². The zero-order valence-electron chi connectivity index (χ0n) is 20.1. The average molecular weight is 491 g/mol. The summed E-state index contributed by atoms with van der Waals surface area (Å²) in [5, 5.41) is 0. The summed E-state index contributed by atoms with van der Waals surface area (Å²) in [6.45, 7) is 2.25. The van der Waals surface area contributed by atoms with Gasteiger partial charge in [0.05, 0.1) is 19.8 Å². The first-order valence-corrected chi connectivity index (χ1v) is 12.1. The highest BCUT2D eigenvalue weighted by molar-refractivity contribution is 5.66. The van der Waals surface area contributed by atoms with Crippen molar-refractivity contribution in [3.8, 4) is 0 Å². The van der Waals surface area contributed by atoms with E-state index in [1.54, 1.807) is 0 Å². The van der Waals surface area contributed by atoms with Crippen molar-refractivity contribution < 1.29 is 33.2 Å². The Morgan fingerprint density at radius 3 is 1.92 bits per heavy atom. The van der Waals surface area contributed by atoms with Gasteiger partial charge in [-0.25, -0.2) is 0 Å². The number of rotatable bonds is 8. The molecule has 0 amide bonds. The predicted molar refractivity (Wildman–Crippen MR) is 130 cm³/mol. The molecule has 7 nitrogen and oxygen atoms in total. The average Bonchev–Trinajstić information content (AvgIpc) is 2.92. The van der Waals surface area contributed by atoms with E-state index < -0.39 is 43.0 Å². The van der Waals surface area contributed by atoms with Crippen molar-refractivity contribution in [2.75, 3.05) is 6.61 Å². The number of ether oxygens (including phenoxy) is 6. The van der Waals surface area contributed by atoms with E-state index in [4.69, 9.17) is 28.4 Å². The largest absolute Gasteiger partial charge is 0.433 e. The minimum absolute atomic E-state index is 0.262. The first-order valence-electron chi connectivity index (χ1n) is 12.1. The van der Waals surface area contributed by atoms with Crippen molar-refractivity contribution in [3.63, 3.8) is 0 Å². The molecule has 0 bridgehead atoms. The SMILES string of the molecule is CC(=O)O[C@@H]1O[C@@H]2COC(c3ccccc3)O[C@H]2[C@H](OCc2ccccc2)[C@@H]1OCc1ccccc1. The Hall–Kier alpha value is -3.07. The van der Waals surface area contributed by atoms with Gasteiger partial charge in [-0.15, -0.1) is 0 Å². The second-order valence-corrected chi connectivity index (χ2v) is 8.85. The fourth-order valence-corrected chi connectivity index (χ4v) is 4.48. The maximum absolute atomic E-state index is 12.0. The van der Waals surface area contributed by atoms with Gasteiger partial charge in [0.25, 0.3) is 0 Å². The van der Waals surface area contributed by atoms with E-state index in [1.165, 1.54) is 6.92 Å². The van der Waals surface area contributed by atoms with Crippen LogP contribution in [0.25, 0.3) is 0 Å². The van der Waals surface area contributed by atoms with Crippen LogP contribution in [0.2, 0.25) is 0 Å². The van der Waals surface area contributed by atoms with E-state index in [1.807, 2.05) is 91.0 Å². The Bertz CT molecular complexity index is 1090. The maximum atomic E-state index is 12.0. The molecule has 0 radical (unpaired) electrons. The zero-order chi connectivity index (χ0) is 24.7. The number of hydrogen-bond donors (Lipinski definition) is 0. The molecule has 0 N–H and O–H groups in total. The summed E-state index contributed by atoms with van der Waals surface area (Å²) >= 11 is 0. The second kappa shape index (κ2) is 11.8. The van der Waals surface area contributed by atoms with Gasteiger partial charge in [0.2, 0.25) is 6.29 Å². The number of carbonyl (C=O) groups is 1. The quantitative estimate of drug-likeness (QED) is 0.429. The topological polar surface area (TPSA) is 72.5 Å².